The average Bonchev–Trinajstić information content (AvgIpc) is 2.73. The van der Waals surface area contributed by atoms with Crippen molar-refractivity contribution >= 4 is 11.4 Å². The third kappa shape index (κ3) is 2.06. The van der Waals surface area contributed by atoms with Crippen molar-refractivity contribution < 1.29 is 13.2 Å². The molecule has 90 valence electrons. The van der Waals surface area contributed by atoms with E-state index in [1.54, 1.807) is 12.1 Å². The van der Waals surface area contributed by atoms with E-state index in [0.717, 1.165) is 6.07 Å². The third-order valence-corrected chi connectivity index (χ3v) is 2.39. The first-order valence-electron chi connectivity index (χ1n) is 4.79. The number of alkyl halides is 3. The Morgan fingerprint density at radius 1 is 0.941 bits per heavy atom. The molecule has 6 heteroatoms. The molecule has 0 aliphatic carbocycles. The first-order chi connectivity index (χ1) is 7.89. The lowest BCUT2D eigenvalue weighted by Crippen LogP contribution is -2.12. The van der Waals surface area contributed by atoms with Gasteiger partial charge in [-0.25, -0.2) is 0 Å². The molecule has 1 heterocycles. The van der Waals surface area contributed by atoms with E-state index in [1.807, 2.05) is 0 Å². The number of hydrogen-bond acceptors (Lipinski definition) is 2. The van der Waals surface area contributed by atoms with Gasteiger partial charge in [0.15, 0.2) is 0 Å². The average molecular weight is 241 g/mol. The van der Waals surface area contributed by atoms with Gasteiger partial charge in [0.1, 0.15) is 0 Å². The fourth-order valence-electron chi connectivity index (χ4n) is 1.56. The standard InChI is InChI=1S/C11H10F3N3/c12-11(13,14)7-5-8(15)9(16)6-10(7)17-3-1-2-4-17/h1-6H,15-16H2. The Morgan fingerprint density at radius 2 is 1.47 bits per heavy atom. The highest BCUT2D eigenvalue weighted by atomic mass is 19.4. The van der Waals surface area contributed by atoms with E-state index in [4.69, 9.17) is 11.5 Å². The second-order valence-corrected chi connectivity index (χ2v) is 3.59. The summed E-state index contributed by atoms with van der Waals surface area (Å²) < 4.78 is 39.9. The molecule has 2 rings (SSSR count). The number of nitrogen functional groups attached to an aromatic ring is 2. The van der Waals surface area contributed by atoms with E-state index in [9.17, 15) is 13.2 Å². The zero-order valence-corrected chi connectivity index (χ0v) is 8.70. The molecule has 0 fully saturated rings. The van der Waals surface area contributed by atoms with Gasteiger partial charge in [0.25, 0.3) is 0 Å². The number of halogens is 3. The van der Waals surface area contributed by atoms with E-state index in [2.05, 4.69) is 0 Å². The van der Waals surface area contributed by atoms with Gasteiger partial charge in [0.2, 0.25) is 0 Å². The summed E-state index contributed by atoms with van der Waals surface area (Å²) in [5, 5.41) is 0. The van der Waals surface area contributed by atoms with Crippen LogP contribution in [0.4, 0.5) is 24.5 Å². The van der Waals surface area contributed by atoms with E-state index in [-0.39, 0.29) is 17.1 Å². The van der Waals surface area contributed by atoms with Crippen LogP contribution >= 0.6 is 0 Å². The smallest absolute Gasteiger partial charge is 0.397 e. The maximum atomic E-state index is 12.8. The predicted octanol–water partition coefficient (Wildman–Crippen LogP) is 2.66. The summed E-state index contributed by atoms with van der Waals surface area (Å²) in [4.78, 5) is 0. The van der Waals surface area contributed by atoms with Crippen LogP contribution in [0.15, 0.2) is 36.7 Å². The van der Waals surface area contributed by atoms with Gasteiger partial charge in [-0.1, -0.05) is 0 Å². The molecule has 0 radical (unpaired) electrons. The molecule has 0 aliphatic rings. The fraction of sp³-hybridized carbons (Fsp3) is 0.0909. The van der Waals surface area contributed by atoms with Crippen LogP contribution in [0.2, 0.25) is 0 Å². The van der Waals surface area contributed by atoms with Crippen molar-refractivity contribution in [2.45, 2.75) is 6.18 Å². The summed E-state index contributed by atoms with van der Waals surface area (Å²) in [7, 11) is 0. The quantitative estimate of drug-likeness (QED) is 0.754. The van der Waals surface area contributed by atoms with Crippen LogP contribution in [0.5, 0.6) is 0 Å². The molecule has 0 saturated heterocycles. The topological polar surface area (TPSA) is 57.0 Å². The third-order valence-electron chi connectivity index (χ3n) is 2.39. The molecule has 0 spiro atoms. The van der Waals surface area contributed by atoms with Crippen molar-refractivity contribution in [3.8, 4) is 5.69 Å². The second-order valence-electron chi connectivity index (χ2n) is 3.59. The minimum absolute atomic E-state index is 0.0331. The Kier molecular flexibility index (Phi) is 2.49. The Labute approximate surface area is 95.4 Å². The lowest BCUT2D eigenvalue weighted by Gasteiger charge is -2.15. The molecular formula is C11H10F3N3. The zero-order chi connectivity index (χ0) is 12.6. The van der Waals surface area contributed by atoms with E-state index in [0.29, 0.717) is 0 Å². The van der Waals surface area contributed by atoms with Crippen molar-refractivity contribution in [1.82, 2.24) is 4.57 Å². The molecule has 1 aromatic heterocycles. The first kappa shape index (κ1) is 11.4. The van der Waals surface area contributed by atoms with Crippen LogP contribution in [0.25, 0.3) is 5.69 Å². The summed E-state index contributed by atoms with van der Waals surface area (Å²) in [6, 6.07) is 5.34. The van der Waals surface area contributed by atoms with Gasteiger partial charge in [-0.2, -0.15) is 13.2 Å². The summed E-state index contributed by atoms with van der Waals surface area (Å²) >= 11 is 0. The number of nitrogens with zero attached hydrogens (tertiary/aromatic N) is 1. The normalized spacial score (nSPS) is 11.7. The summed E-state index contributed by atoms with van der Waals surface area (Å²) in [6.45, 7) is 0. The molecule has 4 N–H and O–H groups in total. The molecule has 3 nitrogen and oxygen atoms in total. The monoisotopic (exact) mass is 241 g/mol. The van der Waals surface area contributed by atoms with Gasteiger partial charge in [-0.3, -0.25) is 0 Å². The van der Waals surface area contributed by atoms with Crippen LogP contribution in [0.1, 0.15) is 5.56 Å². The number of aromatic nitrogens is 1. The molecule has 0 bridgehead atoms. The Hall–Kier alpha value is -2.11. The maximum Gasteiger partial charge on any atom is 0.418 e. The van der Waals surface area contributed by atoms with Crippen LogP contribution < -0.4 is 11.5 Å². The largest absolute Gasteiger partial charge is 0.418 e. The van der Waals surface area contributed by atoms with Gasteiger partial charge >= 0.3 is 6.18 Å². The van der Waals surface area contributed by atoms with E-state index < -0.39 is 11.7 Å². The Morgan fingerprint density at radius 3 is 2.00 bits per heavy atom. The van der Waals surface area contributed by atoms with Crippen molar-refractivity contribution in [2.24, 2.45) is 0 Å². The Balaban J connectivity index is 2.69. The van der Waals surface area contributed by atoms with Gasteiger partial charge in [-0.15, -0.1) is 0 Å². The molecule has 0 amide bonds. The lowest BCUT2D eigenvalue weighted by atomic mass is 10.1. The molecule has 0 saturated carbocycles. The van der Waals surface area contributed by atoms with Gasteiger partial charge in [-0.05, 0) is 24.3 Å². The van der Waals surface area contributed by atoms with Crippen molar-refractivity contribution in [3.05, 3.63) is 42.2 Å². The minimum Gasteiger partial charge on any atom is -0.397 e. The summed E-state index contributed by atoms with van der Waals surface area (Å²) in [6.07, 6.45) is -1.44. The zero-order valence-electron chi connectivity index (χ0n) is 8.70. The van der Waals surface area contributed by atoms with Crippen molar-refractivity contribution in [2.75, 3.05) is 11.5 Å². The van der Waals surface area contributed by atoms with Crippen LogP contribution in [0, 0.1) is 0 Å². The molecular weight excluding hydrogens is 231 g/mol. The highest BCUT2D eigenvalue weighted by Crippen LogP contribution is 2.37. The van der Waals surface area contributed by atoms with Crippen LogP contribution in [-0.2, 0) is 6.18 Å². The van der Waals surface area contributed by atoms with Gasteiger partial charge < -0.3 is 16.0 Å². The minimum atomic E-state index is -4.47. The molecule has 0 atom stereocenters. The first-order valence-corrected chi connectivity index (χ1v) is 4.79. The highest BCUT2D eigenvalue weighted by molar-refractivity contribution is 5.69. The predicted molar refractivity (Wildman–Crippen MR) is 59.6 cm³/mol. The van der Waals surface area contributed by atoms with Crippen LogP contribution in [-0.4, -0.2) is 4.57 Å². The summed E-state index contributed by atoms with van der Waals surface area (Å²) in [5.74, 6) is 0. The second kappa shape index (κ2) is 3.73. The van der Waals surface area contributed by atoms with Gasteiger partial charge in [0, 0.05) is 12.4 Å². The SMILES string of the molecule is Nc1cc(-n2cccc2)c(C(F)(F)F)cc1N. The van der Waals surface area contributed by atoms with E-state index in [1.165, 1.54) is 23.0 Å². The van der Waals surface area contributed by atoms with Crippen LogP contribution in [0.3, 0.4) is 0 Å². The molecule has 2 aromatic rings. The highest BCUT2D eigenvalue weighted by Gasteiger charge is 2.34. The van der Waals surface area contributed by atoms with E-state index >= 15 is 0 Å². The number of rotatable bonds is 1. The molecule has 0 unspecified atom stereocenters. The molecule has 17 heavy (non-hydrogen) atoms. The molecule has 1 aromatic carbocycles. The Bertz CT molecular complexity index is 530. The number of anilines is 2. The number of hydrogen-bond donors (Lipinski definition) is 2. The fourth-order valence-corrected chi connectivity index (χ4v) is 1.56. The van der Waals surface area contributed by atoms with Crippen molar-refractivity contribution in [1.29, 1.82) is 0 Å². The van der Waals surface area contributed by atoms with Gasteiger partial charge in [0.05, 0.1) is 22.6 Å². The van der Waals surface area contributed by atoms with Crippen molar-refractivity contribution in [3.63, 3.8) is 0 Å². The lowest BCUT2D eigenvalue weighted by molar-refractivity contribution is -0.137. The maximum absolute atomic E-state index is 12.8. The summed E-state index contributed by atoms with van der Waals surface area (Å²) in [5.41, 5.74) is 10.2. The number of benzene rings is 1. The molecule has 0 aliphatic heterocycles. The number of nitrogens with two attached hydrogens (primary N) is 2.